The smallest absolute Gasteiger partial charge is 0.304 e. The van der Waals surface area contributed by atoms with Gasteiger partial charge in [0.15, 0.2) is 10.9 Å². The first-order valence-electron chi connectivity index (χ1n) is 6.10. The molecule has 0 unspecified atom stereocenters. The third-order valence-corrected chi connectivity index (χ3v) is 4.69. The van der Waals surface area contributed by atoms with Gasteiger partial charge in [0, 0.05) is 11.8 Å². The van der Waals surface area contributed by atoms with Gasteiger partial charge in [-0.2, -0.15) is 0 Å². The van der Waals surface area contributed by atoms with Crippen LogP contribution in [0.3, 0.4) is 0 Å². The summed E-state index contributed by atoms with van der Waals surface area (Å²) in [6.07, 6.45) is 1.52. The van der Waals surface area contributed by atoms with E-state index in [9.17, 15) is 10.1 Å². The maximum absolute atomic E-state index is 11.2. The van der Waals surface area contributed by atoms with E-state index in [1.54, 1.807) is 13.0 Å². The summed E-state index contributed by atoms with van der Waals surface area (Å²) in [5.74, 6) is 6.49. The Balaban J connectivity index is 1.99. The van der Waals surface area contributed by atoms with E-state index < -0.39 is 4.92 Å². The Morgan fingerprint density at radius 1 is 1.41 bits per heavy atom. The summed E-state index contributed by atoms with van der Waals surface area (Å²) in [6, 6.07) is 5.35. The standard InChI is InChI=1S/C12H10N6O2S2/c1-7-4-5-14-11(9(7)18(19)20)22-12-16-15-10(17(12)13)8-3-2-6-21-8/h2-6H,13H2,1H3. The van der Waals surface area contributed by atoms with Gasteiger partial charge < -0.3 is 5.84 Å². The van der Waals surface area contributed by atoms with Gasteiger partial charge >= 0.3 is 5.69 Å². The highest BCUT2D eigenvalue weighted by atomic mass is 32.2. The highest BCUT2D eigenvalue weighted by Gasteiger charge is 2.22. The van der Waals surface area contributed by atoms with Gasteiger partial charge in [-0.1, -0.05) is 6.07 Å². The van der Waals surface area contributed by atoms with Crippen LogP contribution in [0.2, 0.25) is 0 Å². The van der Waals surface area contributed by atoms with Crippen molar-refractivity contribution in [1.29, 1.82) is 0 Å². The topological polar surface area (TPSA) is 113 Å². The molecule has 0 saturated heterocycles. The Morgan fingerprint density at radius 3 is 2.91 bits per heavy atom. The molecule has 0 bridgehead atoms. The number of hydrogen-bond donors (Lipinski definition) is 1. The van der Waals surface area contributed by atoms with E-state index in [0.29, 0.717) is 16.5 Å². The minimum atomic E-state index is -0.456. The highest BCUT2D eigenvalue weighted by molar-refractivity contribution is 7.99. The summed E-state index contributed by atoms with van der Waals surface area (Å²) in [4.78, 5) is 15.7. The first-order chi connectivity index (χ1) is 10.6. The summed E-state index contributed by atoms with van der Waals surface area (Å²) >= 11 is 2.50. The van der Waals surface area contributed by atoms with Crippen LogP contribution in [-0.2, 0) is 0 Å². The molecule has 0 amide bonds. The van der Waals surface area contributed by atoms with E-state index in [1.807, 2.05) is 17.5 Å². The SMILES string of the molecule is Cc1ccnc(Sc2nnc(-c3cccs3)n2N)c1[N+](=O)[O-]. The lowest BCUT2D eigenvalue weighted by Gasteiger charge is -2.04. The Hall–Kier alpha value is -2.46. The third kappa shape index (κ3) is 2.53. The van der Waals surface area contributed by atoms with Crippen molar-refractivity contribution in [3.63, 3.8) is 0 Å². The second-order valence-electron chi connectivity index (χ2n) is 4.29. The van der Waals surface area contributed by atoms with Crippen molar-refractivity contribution in [1.82, 2.24) is 19.9 Å². The Labute approximate surface area is 133 Å². The number of nitrogens with zero attached hydrogens (tertiary/aromatic N) is 5. The normalized spacial score (nSPS) is 10.8. The maximum Gasteiger partial charge on any atom is 0.304 e. The van der Waals surface area contributed by atoms with E-state index in [2.05, 4.69) is 15.2 Å². The average Bonchev–Trinajstić information content (AvgIpc) is 3.09. The molecule has 0 fully saturated rings. The molecular weight excluding hydrogens is 324 g/mol. The summed E-state index contributed by atoms with van der Waals surface area (Å²) in [7, 11) is 0. The Bertz CT molecular complexity index is 830. The molecule has 8 nitrogen and oxygen atoms in total. The van der Waals surface area contributed by atoms with Gasteiger partial charge in [0.05, 0.1) is 9.80 Å². The van der Waals surface area contributed by atoms with Crippen LogP contribution in [0.15, 0.2) is 40.0 Å². The molecule has 3 aromatic rings. The highest BCUT2D eigenvalue weighted by Crippen LogP contribution is 2.34. The van der Waals surface area contributed by atoms with E-state index in [1.165, 1.54) is 22.2 Å². The molecule has 0 aliphatic heterocycles. The first kappa shape index (κ1) is 14.5. The van der Waals surface area contributed by atoms with Crippen LogP contribution < -0.4 is 5.84 Å². The fraction of sp³-hybridized carbons (Fsp3) is 0.0833. The summed E-state index contributed by atoms with van der Waals surface area (Å²) in [6.45, 7) is 1.66. The van der Waals surface area contributed by atoms with Crippen molar-refractivity contribution >= 4 is 28.8 Å². The van der Waals surface area contributed by atoms with Crippen molar-refractivity contribution < 1.29 is 4.92 Å². The number of thiophene rings is 1. The van der Waals surface area contributed by atoms with E-state index >= 15 is 0 Å². The maximum atomic E-state index is 11.2. The molecule has 3 heterocycles. The van der Waals surface area contributed by atoms with Crippen molar-refractivity contribution in [2.24, 2.45) is 0 Å². The van der Waals surface area contributed by atoms with Crippen molar-refractivity contribution in [2.75, 3.05) is 5.84 Å². The molecule has 0 aliphatic carbocycles. The number of hydrogen-bond acceptors (Lipinski definition) is 8. The second-order valence-corrected chi connectivity index (χ2v) is 6.20. The van der Waals surface area contributed by atoms with Gasteiger partial charge in [-0.15, -0.1) is 21.5 Å². The van der Waals surface area contributed by atoms with Crippen LogP contribution in [0, 0.1) is 17.0 Å². The van der Waals surface area contributed by atoms with Crippen LogP contribution in [0.4, 0.5) is 5.69 Å². The molecular formula is C12H10N6O2S2. The van der Waals surface area contributed by atoms with Crippen LogP contribution in [0.5, 0.6) is 0 Å². The van der Waals surface area contributed by atoms with Gasteiger partial charge in [0.2, 0.25) is 5.16 Å². The minimum Gasteiger partial charge on any atom is -0.335 e. The lowest BCUT2D eigenvalue weighted by molar-refractivity contribution is -0.388. The number of aromatic nitrogens is 4. The number of aryl methyl sites for hydroxylation is 1. The third-order valence-electron chi connectivity index (χ3n) is 2.87. The van der Waals surface area contributed by atoms with Crippen molar-refractivity contribution in [3.8, 4) is 10.7 Å². The predicted molar refractivity (Wildman–Crippen MR) is 83.2 cm³/mol. The van der Waals surface area contributed by atoms with E-state index in [4.69, 9.17) is 5.84 Å². The molecule has 3 rings (SSSR count). The summed E-state index contributed by atoms with van der Waals surface area (Å²) in [5, 5.41) is 21.7. The zero-order valence-corrected chi connectivity index (χ0v) is 13.0. The molecule has 2 N–H and O–H groups in total. The molecule has 10 heteroatoms. The predicted octanol–water partition coefficient (Wildman–Crippen LogP) is 2.48. The van der Waals surface area contributed by atoms with E-state index in [-0.39, 0.29) is 10.7 Å². The van der Waals surface area contributed by atoms with Crippen molar-refractivity contribution in [3.05, 3.63) is 45.5 Å². The number of nitro groups is 1. The molecule has 3 aromatic heterocycles. The Morgan fingerprint density at radius 2 is 2.23 bits per heavy atom. The van der Waals surface area contributed by atoms with Crippen LogP contribution >= 0.6 is 23.1 Å². The van der Waals surface area contributed by atoms with E-state index in [0.717, 1.165) is 16.6 Å². The lowest BCUT2D eigenvalue weighted by atomic mass is 10.3. The first-order valence-corrected chi connectivity index (χ1v) is 7.79. The molecule has 0 saturated carbocycles. The molecule has 112 valence electrons. The minimum absolute atomic E-state index is 0.0480. The second kappa shape index (κ2) is 5.73. The zero-order chi connectivity index (χ0) is 15.7. The van der Waals surface area contributed by atoms with Crippen LogP contribution in [0.1, 0.15) is 5.56 Å². The van der Waals surface area contributed by atoms with Gasteiger partial charge in [-0.3, -0.25) is 10.1 Å². The molecule has 0 aromatic carbocycles. The Kier molecular flexibility index (Phi) is 3.77. The zero-order valence-electron chi connectivity index (χ0n) is 11.3. The summed E-state index contributed by atoms with van der Waals surface area (Å²) < 4.78 is 1.31. The van der Waals surface area contributed by atoms with Gasteiger partial charge in [0.1, 0.15) is 0 Å². The molecule has 0 spiro atoms. The number of nitrogen functional groups attached to an aromatic ring is 1. The average molecular weight is 334 g/mol. The van der Waals surface area contributed by atoms with Gasteiger partial charge in [-0.25, -0.2) is 9.66 Å². The number of nitrogens with two attached hydrogens (primary N) is 1. The summed E-state index contributed by atoms with van der Waals surface area (Å²) in [5.41, 5.74) is 0.484. The largest absolute Gasteiger partial charge is 0.335 e. The quantitative estimate of drug-likeness (QED) is 0.443. The lowest BCUT2D eigenvalue weighted by Crippen LogP contribution is -2.11. The molecule has 0 aliphatic rings. The van der Waals surface area contributed by atoms with Crippen molar-refractivity contribution in [2.45, 2.75) is 17.1 Å². The fourth-order valence-corrected chi connectivity index (χ4v) is 3.42. The number of pyridine rings is 1. The molecule has 22 heavy (non-hydrogen) atoms. The molecule has 0 radical (unpaired) electrons. The molecule has 0 atom stereocenters. The fourth-order valence-electron chi connectivity index (χ4n) is 1.83. The van der Waals surface area contributed by atoms with Gasteiger partial charge in [0.25, 0.3) is 0 Å². The van der Waals surface area contributed by atoms with Crippen LogP contribution in [-0.4, -0.2) is 24.8 Å². The van der Waals surface area contributed by atoms with Gasteiger partial charge in [-0.05, 0) is 36.2 Å². The monoisotopic (exact) mass is 334 g/mol. The number of rotatable bonds is 4. The van der Waals surface area contributed by atoms with Crippen LogP contribution in [0.25, 0.3) is 10.7 Å².